The van der Waals surface area contributed by atoms with Gasteiger partial charge in [0.2, 0.25) is 11.8 Å². The normalized spacial score (nSPS) is 13.3. The lowest BCUT2D eigenvalue weighted by Crippen LogP contribution is -2.56. The van der Waals surface area contributed by atoms with Gasteiger partial charge in [-0.3, -0.25) is 19.2 Å². The second-order valence-corrected chi connectivity index (χ2v) is 11.8. The molecule has 0 bridgehead atoms. The number of hydroxylamine groups is 1. The fraction of sp³-hybridized carbons (Fsp3) is 0.595. The number of ether oxygens (including phenoxy) is 2. The first-order valence-electron chi connectivity index (χ1n) is 17.0. The Morgan fingerprint density at radius 1 is 0.939 bits per heavy atom. The van der Waals surface area contributed by atoms with Crippen molar-refractivity contribution < 1.29 is 48.5 Å². The highest BCUT2D eigenvalue weighted by atomic mass is 16.6. The number of aliphatic carboxylic acids is 1. The molecule has 272 valence electrons. The van der Waals surface area contributed by atoms with Gasteiger partial charge in [0, 0.05) is 19.3 Å². The third-order valence-electron chi connectivity index (χ3n) is 7.93. The van der Waals surface area contributed by atoms with Crippen molar-refractivity contribution in [3.8, 4) is 17.6 Å². The van der Waals surface area contributed by atoms with E-state index in [1.165, 1.54) is 18.9 Å². The minimum absolute atomic E-state index is 0.0130. The first-order valence-corrected chi connectivity index (χ1v) is 17.0. The highest BCUT2D eigenvalue weighted by Crippen LogP contribution is 2.26. The van der Waals surface area contributed by atoms with Crippen LogP contribution in [-0.2, 0) is 40.0 Å². The zero-order valence-electron chi connectivity index (χ0n) is 29.4. The first kappa shape index (κ1) is 42.8. The summed E-state index contributed by atoms with van der Waals surface area (Å²) in [5, 5.41) is 23.8. The third kappa shape index (κ3) is 17.1. The number of hydrogen-bond donors (Lipinski definition) is 4. The minimum atomic E-state index is -2.87. The van der Waals surface area contributed by atoms with Gasteiger partial charge in [-0.2, -0.15) is 0 Å². The maximum atomic E-state index is 13.6. The van der Waals surface area contributed by atoms with E-state index in [0.717, 1.165) is 52.7 Å². The molecule has 0 radical (unpaired) electrons. The van der Waals surface area contributed by atoms with Crippen LogP contribution in [0.2, 0.25) is 0 Å². The van der Waals surface area contributed by atoms with Crippen LogP contribution in [-0.4, -0.2) is 72.2 Å². The molecule has 0 spiro atoms. The topological polar surface area (TPSA) is 178 Å². The number of unbranched alkanes of at least 4 members (excludes halogenated alkanes) is 8. The summed E-state index contributed by atoms with van der Waals surface area (Å²) in [7, 11) is 2.29. The van der Waals surface area contributed by atoms with E-state index in [9.17, 15) is 34.2 Å². The van der Waals surface area contributed by atoms with Gasteiger partial charge in [0.1, 0.15) is 24.2 Å². The standard InChI is InChI=1S/C37H54N2O10/c1-5-7-9-12-15-18-29(40)19-16-13-10-11-14-17-20-31(37(46,36(44)45)27-33(41)39-48-4)34(42)38-32(35(43)47-3)26-28-21-23-30(24-22-28)49-25-8-6-2/h17,20-24,31-32,46H,5,7,9-16,18-19,25-27H2,1-4H3,(H,38,42)(H,39,41)(H,44,45)/b20-17+/t31-,32+,37+/m1/s1. The summed E-state index contributed by atoms with van der Waals surface area (Å²) >= 11 is 0. The van der Waals surface area contributed by atoms with Crippen LogP contribution >= 0.6 is 0 Å². The van der Waals surface area contributed by atoms with Crippen molar-refractivity contribution in [2.45, 2.75) is 115 Å². The van der Waals surface area contributed by atoms with Crippen molar-refractivity contribution in [1.82, 2.24) is 10.8 Å². The lowest BCUT2D eigenvalue weighted by Gasteiger charge is -2.30. The summed E-state index contributed by atoms with van der Waals surface area (Å²) in [5.41, 5.74) is -0.276. The molecule has 2 amide bonds. The number of carbonyl (C=O) groups is 5. The molecule has 0 heterocycles. The number of methoxy groups -OCH3 is 1. The molecule has 1 aromatic carbocycles. The molecule has 0 fully saturated rings. The van der Waals surface area contributed by atoms with Gasteiger partial charge in [0.05, 0.1) is 26.6 Å². The Balaban J connectivity index is 2.97. The van der Waals surface area contributed by atoms with Gasteiger partial charge in [-0.15, -0.1) is 5.92 Å². The van der Waals surface area contributed by atoms with Gasteiger partial charge in [-0.1, -0.05) is 75.7 Å². The molecule has 0 aliphatic rings. The zero-order chi connectivity index (χ0) is 36.5. The molecule has 3 atom stereocenters. The number of aliphatic hydroxyl groups is 1. The van der Waals surface area contributed by atoms with Gasteiger partial charge in [0.15, 0.2) is 5.60 Å². The van der Waals surface area contributed by atoms with Crippen molar-refractivity contribution in [3.63, 3.8) is 0 Å². The van der Waals surface area contributed by atoms with E-state index in [1.807, 2.05) is 5.48 Å². The molecule has 0 saturated carbocycles. The Morgan fingerprint density at radius 3 is 2.14 bits per heavy atom. The molecule has 0 aliphatic heterocycles. The summed E-state index contributed by atoms with van der Waals surface area (Å²) in [4.78, 5) is 67.7. The molecule has 49 heavy (non-hydrogen) atoms. The van der Waals surface area contributed by atoms with Gasteiger partial charge >= 0.3 is 11.9 Å². The number of carbonyl (C=O) groups excluding carboxylic acids is 4. The number of rotatable bonds is 26. The number of benzene rings is 1. The van der Waals surface area contributed by atoms with Crippen LogP contribution in [0.3, 0.4) is 0 Å². The van der Waals surface area contributed by atoms with Gasteiger partial charge in [-0.05, 0) is 50.3 Å². The Hall–Kier alpha value is -4.21. The second-order valence-electron chi connectivity index (χ2n) is 11.8. The van der Waals surface area contributed by atoms with Gasteiger partial charge in [0.25, 0.3) is 0 Å². The lowest BCUT2D eigenvalue weighted by atomic mass is 9.82. The van der Waals surface area contributed by atoms with E-state index >= 15 is 0 Å². The smallest absolute Gasteiger partial charge is 0.337 e. The van der Waals surface area contributed by atoms with Crippen LogP contribution in [0.4, 0.5) is 0 Å². The van der Waals surface area contributed by atoms with Crippen molar-refractivity contribution >= 4 is 29.5 Å². The fourth-order valence-electron chi connectivity index (χ4n) is 5.14. The van der Waals surface area contributed by atoms with Crippen molar-refractivity contribution in [2.24, 2.45) is 5.92 Å². The minimum Gasteiger partial charge on any atom is -0.481 e. The fourth-order valence-corrected chi connectivity index (χ4v) is 5.14. The van der Waals surface area contributed by atoms with E-state index in [4.69, 9.17) is 9.47 Å². The molecule has 0 saturated heterocycles. The summed E-state index contributed by atoms with van der Waals surface area (Å²) in [6.07, 6.45) is 12.1. The molecule has 1 aromatic rings. The highest BCUT2D eigenvalue weighted by Gasteiger charge is 2.49. The van der Waals surface area contributed by atoms with E-state index in [2.05, 4.69) is 28.9 Å². The van der Waals surface area contributed by atoms with Crippen LogP contribution in [0.1, 0.15) is 103 Å². The number of carboxylic acids is 1. The molecule has 12 nitrogen and oxygen atoms in total. The van der Waals surface area contributed by atoms with Crippen LogP contribution in [0.5, 0.6) is 5.75 Å². The van der Waals surface area contributed by atoms with E-state index in [0.29, 0.717) is 37.0 Å². The number of Topliss-reactive ketones (excluding diaryl/α,β-unsaturated/α-hetero) is 1. The van der Waals surface area contributed by atoms with Crippen molar-refractivity contribution in [3.05, 3.63) is 42.0 Å². The molecule has 0 aliphatic carbocycles. The Morgan fingerprint density at radius 2 is 1.57 bits per heavy atom. The Labute approximate surface area is 290 Å². The van der Waals surface area contributed by atoms with Gasteiger partial charge < -0.3 is 25.0 Å². The Bertz CT molecular complexity index is 1270. The van der Waals surface area contributed by atoms with Gasteiger partial charge in [-0.25, -0.2) is 15.1 Å². The summed E-state index contributed by atoms with van der Waals surface area (Å²) in [6.45, 7) is 4.06. The summed E-state index contributed by atoms with van der Waals surface area (Å²) in [6, 6.07) is 5.51. The SMILES string of the molecule is CC#CCOc1ccc(C[C@H](NC(=O)[C@@H](/C=C/CCCCCCC(=O)CCCCCCC)[C@@](O)(CC(=O)NOC)C(=O)O)C(=O)OC)cc1. The van der Waals surface area contributed by atoms with Crippen LogP contribution in [0.15, 0.2) is 36.4 Å². The van der Waals surface area contributed by atoms with E-state index in [1.54, 1.807) is 37.3 Å². The molecular formula is C37H54N2O10. The van der Waals surface area contributed by atoms with Crippen LogP contribution in [0, 0.1) is 17.8 Å². The lowest BCUT2D eigenvalue weighted by molar-refractivity contribution is -0.171. The van der Waals surface area contributed by atoms with Crippen molar-refractivity contribution in [2.75, 3.05) is 20.8 Å². The number of amides is 2. The maximum absolute atomic E-state index is 13.6. The Kier molecular flexibility index (Phi) is 21.7. The quantitative estimate of drug-likeness (QED) is 0.0354. The number of carboxylic acid groups (broad SMARTS) is 1. The van der Waals surface area contributed by atoms with E-state index < -0.39 is 47.7 Å². The largest absolute Gasteiger partial charge is 0.481 e. The molecule has 12 heteroatoms. The van der Waals surface area contributed by atoms with Crippen molar-refractivity contribution in [1.29, 1.82) is 0 Å². The zero-order valence-corrected chi connectivity index (χ0v) is 29.4. The number of ketones is 1. The number of esters is 1. The second kappa shape index (κ2) is 24.9. The van der Waals surface area contributed by atoms with Crippen LogP contribution in [0.25, 0.3) is 0 Å². The van der Waals surface area contributed by atoms with Crippen LogP contribution < -0.4 is 15.5 Å². The monoisotopic (exact) mass is 686 g/mol. The first-order chi connectivity index (χ1) is 23.5. The number of nitrogens with one attached hydrogen (secondary N) is 2. The number of allylic oxidation sites excluding steroid dienone is 1. The molecule has 4 N–H and O–H groups in total. The van der Waals surface area contributed by atoms with E-state index in [-0.39, 0.29) is 18.8 Å². The predicted molar refractivity (Wildman–Crippen MR) is 184 cm³/mol. The molecule has 0 unspecified atom stereocenters. The average Bonchev–Trinajstić information content (AvgIpc) is 3.07. The highest BCUT2D eigenvalue weighted by molar-refractivity contribution is 5.95. The average molecular weight is 687 g/mol. The molecule has 0 aromatic heterocycles. The summed E-state index contributed by atoms with van der Waals surface area (Å²) < 4.78 is 10.4. The summed E-state index contributed by atoms with van der Waals surface area (Å²) in [5.74, 6) is 0.0350. The third-order valence-corrected chi connectivity index (χ3v) is 7.93. The number of hydrogen-bond acceptors (Lipinski definition) is 9. The molecule has 1 rings (SSSR count). The molecular weight excluding hydrogens is 632 g/mol. The maximum Gasteiger partial charge on any atom is 0.337 e. The predicted octanol–water partition coefficient (Wildman–Crippen LogP) is 4.62.